The van der Waals surface area contributed by atoms with Crippen molar-refractivity contribution in [3.05, 3.63) is 35.6 Å². The lowest BCUT2D eigenvalue weighted by Crippen LogP contribution is -2.27. The molecule has 104 valence electrons. The summed E-state index contributed by atoms with van der Waals surface area (Å²) < 4.78 is 36.2. The summed E-state index contributed by atoms with van der Waals surface area (Å²) in [5.41, 5.74) is -1.33. The fourth-order valence-electron chi connectivity index (χ4n) is 2.69. The number of aliphatic carboxylic acids is 1. The molecule has 0 aliphatic heterocycles. The molecule has 2 N–H and O–H groups in total. The zero-order valence-corrected chi connectivity index (χ0v) is 10.9. The summed E-state index contributed by atoms with van der Waals surface area (Å²) in [6, 6.07) is 4.96. The molecule has 7 heteroatoms. The molecule has 0 spiro atoms. The highest BCUT2D eigenvalue weighted by molar-refractivity contribution is 7.91. The van der Waals surface area contributed by atoms with Crippen LogP contribution in [-0.4, -0.2) is 42.7 Å². The van der Waals surface area contributed by atoms with Crippen molar-refractivity contribution >= 4 is 15.8 Å². The highest BCUT2D eigenvalue weighted by Gasteiger charge is 2.74. The van der Waals surface area contributed by atoms with Crippen LogP contribution in [0.4, 0.5) is 4.39 Å². The summed E-state index contributed by atoms with van der Waals surface area (Å²) in [5.74, 6) is -2.71. The largest absolute Gasteiger partial charge is 0.481 e. The topological polar surface area (TPSA) is 91.7 Å². The van der Waals surface area contributed by atoms with Crippen LogP contribution >= 0.6 is 0 Å². The number of halogens is 1. The average molecular weight is 288 g/mol. The molecular weight excluding hydrogens is 275 g/mol. The van der Waals surface area contributed by atoms with E-state index in [1.807, 2.05) is 0 Å². The molecule has 1 aliphatic carbocycles. The molecule has 5 nitrogen and oxygen atoms in total. The van der Waals surface area contributed by atoms with Gasteiger partial charge in [-0.3, -0.25) is 4.79 Å². The Morgan fingerprint density at radius 2 is 1.89 bits per heavy atom. The van der Waals surface area contributed by atoms with E-state index in [2.05, 4.69) is 0 Å². The second-order valence-corrected chi connectivity index (χ2v) is 6.95. The van der Waals surface area contributed by atoms with Crippen LogP contribution in [0.5, 0.6) is 0 Å². The highest BCUT2D eigenvalue weighted by atomic mass is 32.2. The smallest absolute Gasteiger partial charge is 0.314 e. The molecule has 0 radical (unpaired) electrons. The van der Waals surface area contributed by atoms with E-state index in [0.29, 0.717) is 5.56 Å². The molecule has 19 heavy (non-hydrogen) atoms. The van der Waals surface area contributed by atoms with Gasteiger partial charge in [-0.05, 0) is 17.7 Å². The standard InChI is InChI=1S/C12H13FO5S/c1-19(17,18)10-9(12(10,6-14)11(15)16)7-2-4-8(13)5-3-7/h2-5,9-10,14H,6H2,1H3,(H,15,16)/t9-,10-,12+/m0/s1. The number of carboxylic acids is 1. The third kappa shape index (κ3) is 2.02. The molecule has 0 unspecified atom stereocenters. The first-order valence-corrected chi connectivity index (χ1v) is 7.49. The lowest BCUT2D eigenvalue weighted by Gasteiger charge is -2.08. The van der Waals surface area contributed by atoms with Gasteiger partial charge in [0.2, 0.25) is 0 Å². The molecule has 1 aromatic carbocycles. The summed E-state index contributed by atoms with van der Waals surface area (Å²) in [4.78, 5) is 11.3. The molecule has 0 amide bonds. The average Bonchev–Trinajstić information content (AvgIpc) is 3.00. The van der Waals surface area contributed by atoms with Crippen molar-refractivity contribution in [2.45, 2.75) is 11.2 Å². The van der Waals surface area contributed by atoms with Gasteiger partial charge in [-0.25, -0.2) is 12.8 Å². The van der Waals surface area contributed by atoms with Crippen molar-refractivity contribution in [2.24, 2.45) is 5.41 Å². The predicted molar refractivity (Wildman–Crippen MR) is 64.9 cm³/mol. The molecule has 1 aliphatic rings. The van der Waals surface area contributed by atoms with Gasteiger partial charge in [0, 0.05) is 12.2 Å². The third-order valence-electron chi connectivity index (χ3n) is 3.61. The molecule has 0 bridgehead atoms. The number of hydrogen-bond acceptors (Lipinski definition) is 4. The highest BCUT2D eigenvalue weighted by Crippen LogP contribution is 2.62. The number of sulfone groups is 1. The summed E-state index contributed by atoms with van der Waals surface area (Å²) in [5, 5.41) is 17.4. The summed E-state index contributed by atoms with van der Waals surface area (Å²) in [6.45, 7) is -0.776. The van der Waals surface area contributed by atoms with E-state index < -0.39 is 44.8 Å². The maximum atomic E-state index is 12.9. The zero-order valence-electron chi connectivity index (χ0n) is 10.1. The van der Waals surface area contributed by atoms with Gasteiger partial charge in [0.25, 0.3) is 0 Å². The number of aliphatic hydroxyl groups excluding tert-OH is 1. The molecule has 1 fully saturated rings. The number of carboxylic acid groups (broad SMARTS) is 1. The first kappa shape index (κ1) is 14.0. The summed E-state index contributed by atoms with van der Waals surface area (Å²) in [7, 11) is -3.64. The SMILES string of the molecule is CS(=O)(=O)[C@H]1[C@H](c2ccc(F)cc2)[C@@]1(CO)C(=O)O. The minimum absolute atomic E-state index is 0.397. The van der Waals surface area contributed by atoms with Gasteiger partial charge < -0.3 is 10.2 Å². The van der Waals surface area contributed by atoms with E-state index >= 15 is 0 Å². The maximum absolute atomic E-state index is 12.9. The fraction of sp³-hybridized carbons (Fsp3) is 0.417. The van der Waals surface area contributed by atoms with Crippen LogP contribution in [0, 0.1) is 11.2 Å². The number of benzene rings is 1. The number of hydrogen-bond donors (Lipinski definition) is 2. The first-order chi connectivity index (χ1) is 8.75. The van der Waals surface area contributed by atoms with E-state index in [1.54, 1.807) is 0 Å². The second kappa shape index (κ2) is 4.28. The van der Waals surface area contributed by atoms with Crippen molar-refractivity contribution < 1.29 is 27.8 Å². The van der Waals surface area contributed by atoms with Crippen molar-refractivity contribution in [1.82, 2.24) is 0 Å². The third-order valence-corrected chi connectivity index (χ3v) is 5.22. The first-order valence-electron chi connectivity index (χ1n) is 5.53. The summed E-state index contributed by atoms with van der Waals surface area (Å²) in [6.07, 6.45) is 0.939. The monoisotopic (exact) mass is 288 g/mol. The molecule has 1 saturated carbocycles. The minimum atomic E-state index is -3.64. The van der Waals surface area contributed by atoms with Crippen LogP contribution < -0.4 is 0 Å². The van der Waals surface area contributed by atoms with Crippen LogP contribution in [0.1, 0.15) is 11.5 Å². The van der Waals surface area contributed by atoms with E-state index in [4.69, 9.17) is 0 Å². The van der Waals surface area contributed by atoms with Gasteiger partial charge in [0.1, 0.15) is 11.2 Å². The molecule has 0 saturated heterocycles. The van der Waals surface area contributed by atoms with Crippen molar-refractivity contribution in [2.75, 3.05) is 12.9 Å². The van der Waals surface area contributed by atoms with Gasteiger partial charge >= 0.3 is 5.97 Å². The molecule has 1 aromatic rings. The fourth-order valence-corrected chi connectivity index (χ4v) is 4.59. The number of aliphatic hydroxyl groups is 1. The van der Waals surface area contributed by atoms with Gasteiger partial charge in [-0.2, -0.15) is 0 Å². The molecule has 0 aromatic heterocycles. The quantitative estimate of drug-likeness (QED) is 0.836. The number of carbonyl (C=O) groups is 1. The van der Waals surface area contributed by atoms with Crippen molar-refractivity contribution in [3.8, 4) is 0 Å². The van der Waals surface area contributed by atoms with Gasteiger partial charge in [0.15, 0.2) is 9.84 Å². The Balaban J connectivity index is 2.50. The van der Waals surface area contributed by atoms with Gasteiger partial charge in [-0.1, -0.05) is 12.1 Å². The lowest BCUT2D eigenvalue weighted by atomic mass is 10.0. The van der Waals surface area contributed by atoms with Crippen LogP contribution in [0.15, 0.2) is 24.3 Å². The second-order valence-electron chi connectivity index (χ2n) is 4.78. The Morgan fingerprint density at radius 3 is 2.21 bits per heavy atom. The Hall–Kier alpha value is -1.47. The maximum Gasteiger partial charge on any atom is 0.314 e. The van der Waals surface area contributed by atoms with Gasteiger partial charge in [0.05, 0.1) is 11.9 Å². The zero-order chi connectivity index (χ0) is 14.4. The van der Waals surface area contributed by atoms with Crippen molar-refractivity contribution in [1.29, 1.82) is 0 Å². The Kier molecular flexibility index (Phi) is 3.14. The Morgan fingerprint density at radius 1 is 1.37 bits per heavy atom. The van der Waals surface area contributed by atoms with E-state index in [1.165, 1.54) is 12.1 Å². The normalized spacial score (nSPS) is 30.1. The van der Waals surface area contributed by atoms with Crippen LogP contribution in [0.25, 0.3) is 0 Å². The van der Waals surface area contributed by atoms with E-state index in [-0.39, 0.29) is 0 Å². The Labute approximate surface area is 109 Å². The molecule has 0 heterocycles. The predicted octanol–water partition coefficient (Wildman–Crippen LogP) is 0.399. The molecular formula is C12H13FO5S. The Bertz CT molecular complexity index is 610. The van der Waals surface area contributed by atoms with E-state index in [0.717, 1.165) is 18.4 Å². The number of rotatable bonds is 4. The van der Waals surface area contributed by atoms with E-state index in [9.17, 15) is 27.8 Å². The van der Waals surface area contributed by atoms with Crippen molar-refractivity contribution in [3.63, 3.8) is 0 Å². The van der Waals surface area contributed by atoms with Crippen LogP contribution in [-0.2, 0) is 14.6 Å². The summed E-state index contributed by atoms with van der Waals surface area (Å²) >= 11 is 0. The van der Waals surface area contributed by atoms with Gasteiger partial charge in [-0.15, -0.1) is 0 Å². The molecule has 2 rings (SSSR count). The lowest BCUT2D eigenvalue weighted by molar-refractivity contribution is -0.145. The minimum Gasteiger partial charge on any atom is -0.481 e. The van der Waals surface area contributed by atoms with Crippen LogP contribution in [0.3, 0.4) is 0 Å². The molecule has 3 atom stereocenters. The van der Waals surface area contributed by atoms with Crippen LogP contribution in [0.2, 0.25) is 0 Å².